The van der Waals surface area contributed by atoms with Gasteiger partial charge in [-0.15, -0.1) is 11.3 Å². The van der Waals surface area contributed by atoms with Gasteiger partial charge in [0, 0.05) is 16.0 Å². The lowest BCUT2D eigenvalue weighted by atomic mass is 10.1. The van der Waals surface area contributed by atoms with E-state index in [9.17, 15) is 0 Å². The molecule has 0 aliphatic rings. The van der Waals surface area contributed by atoms with Crippen molar-refractivity contribution >= 4 is 27.3 Å². The van der Waals surface area contributed by atoms with Gasteiger partial charge in [0.05, 0.1) is 6.04 Å². The molecule has 1 atom stereocenters. The van der Waals surface area contributed by atoms with E-state index in [-0.39, 0.29) is 6.04 Å². The minimum atomic E-state index is 0.196. The van der Waals surface area contributed by atoms with Crippen LogP contribution in [0.4, 0.5) is 0 Å². The van der Waals surface area contributed by atoms with Crippen molar-refractivity contribution in [3.05, 3.63) is 50.4 Å². The van der Waals surface area contributed by atoms with Gasteiger partial charge in [-0.3, -0.25) is 0 Å². The van der Waals surface area contributed by atoms with Crippen molar-refractivity contribution in [1.29, 1.82) is 0 Å². The Balaban J connectivity index is 2.30. The summed E-state index contributed by atoms with van der Waals surface area (Å²) in [4.78, 5) is 4.44. The van der Waals surface area contributed by atoms with Gasteiger partial charge in [-0.1, -0.05) is 35.0 Å². The maximum absolute atomic E-state index is 4.44. The second-order valence-corrected chi connectivity index (χ2v) is 6.05. The smallest absolute Gasteiger partial charge is 0.114 e. The summed E-state index contributed by atoms with van der Waals surface area (Å²) in [6.45, 7) is 5.28. The molecule has 96 valence electrons. The topological polar surface area (TPSA) is 24.9 Å². The Kier molecular flexibility index (Phi) is 4.92. The van der Waals surface area contributed by atoms with E-state index in [2.05, 4.69) is 58.3 Å². The lowest BCUT2D eigenvalue weighted by Crippen LogP contribution is -2.23. The summed E-state index contributed by atoms with van der Waals surface area (Å²) in [6, 6.07) is 6.70. The number of benzene rings is 1. The normalized spacial score (nSPS) is 12.6. The molecule has 0 spiro atoms. The summed E-state index contributed by atoms with van der Waals surface area (Å²) in [7, 11) is 0. The monoisotopic (exact) mass is 324 g/mol. The molecule has 2 nitrogen and oxygen atoms in total. The fourth-order valence-electron chi connectivity index (χ4n) is 1.80. The van der Waals surface area contributed by atoms with Gasteiger partial charge in [0.25, 0.3) is 0 Å². The average molecular weight is 325 g/mol. The molecule has 1 N–H and O–H groups in total. The summed E-state index contributed by atoms with van der Waals surface area (Å²) in [5, 5.41) is 6.71. The third-order valence-corrected chi connectivity index (χ3v) is 4.52. The molecular weight excluding hydrogens is 308 g/mol. The number of nitrogens with zero attached hydrogens (tertiary/aromatic N) is 1. The number of rotatable bonds is 5. The van der Waals surface area contributed by atoms with Crippen molar-refractivity contribution in [2.24, 2.45) is 0 Å². The van der Waals surface area contributed by atoms with Gasteiger partial charge in [-0.25, -0.2) is 4.98 Å². The van der Waals surface area contributed by atoms with Crippen LogP contribution in [0.3, 0.4) is 0 Å². The Morgan fingerprint density at radius 3 is 2.89 bits per heavy atom. The first kappa shape index (κ1) is 13.7. The van der Waals surface area contributed by atoms with Gasteiger partial charge in [0.15, 0.2) is 0 Å². The second kappa shape index (κ2) is 6.45. The van der Waals surface area contributed by atoms with Gasteiger partial charge in [0.2, 0.25) is 0 Å². The molecule has 0 aliphatic carbocycles. The highest BCUT2D eigenvalue weighted by Gasteiger charge is 2.16. The standard InChI is InChI=1S/C14H17BrN2S/c1-3-6-16-13(14-17-7-8-18-14)11-5-4-10(2)12(15)9-11/h4-5,7-9,13,16H,3,6H2,1-2H3. The molecule has 18 heavy (non-hydrogen) atoms. The Hall–Kier alpha value is -0.710. The lowest BCUT2D eigenvalue weighted by molar-refractivity contribution is 0.595. The molecule has 0 bridgehead atoms. The van der Waals surface area contributed by atoms with Crippen molar-refractivity contribution < 1.29 is 0 Å². The maximum Gasteiger partial charge on any atom is 0.114 e. The number of hydrogen-bond donors (Lipinski definition) is 1. The van der Waals surface area contributed by atoms with Gasteiger partial charge < -0.3 is 5.32 Å². The van der Waals surface area contributed by atoms with E-state index in [1.807, 2.05) is 11.6 Å². The summed E-state index contributed by atoms with van der Waals surface area (Å²) in [5.41, 5.74) is 2.52. The fraction of sp³-hybridized carbons (Fsp3) is 0.357. The second-order valence-electron chi connectivity index (χ2n) is 4.27. The van der Waals surface area contributed by atoms with Gasteiger partial charge in [-0.05, 0) is 37.1 Å². The van der Waals surface area contributed by atoms with Crippen molar-refractivity contribution in [1.82, 2.24) is 10.3 Å². The van der Waals surface area contributed by atoms with Crippen LogP contribution < -0.4 is 5.32 Å². The Morgan fingerprint density at radius 1 is 1.44 bits per heavy atom. The molecule has 2 aromatic rings. The van der Waals surface area contributed by atoms with Crippen molar-refractivity contribution in [2.45, 2.75) is 26.3 Å². The molecule has 1 aromatic carbocycles. The van der Waals surface area contributed by atoms with Crippen LogP contribution in [0.5, 0.6) is 0 Å². The largest absolute Gasteiger partial charge is 0.304 e. The minimum absolute atomic E-state index is 0.196. The van der Waals surface area contributed by atoms with Gasteiger partial charge in [-0.2, -0.15) is 0 Å². The highest BCUT2D eigenvalue weighted by atomic mass is 79.9. The molecule has 1 unspecified atom stereocenters. The molecule has 0 saturated heterocycles. The molecule has 1 heterocycles. The zero-order valence-corrected chi connectivity index (χ0v) is 13.0. The quantitative estimate of drug-likeness (QED) is 0.886. The molecule has 1 aromatic heterocycles. The van der Waals surface area contributed by atoms with Crippen LogP contribution in [0.1, 0.15) is 35.5 Å². The first-order valence-corrected chi connectivity index (χ1v) is 7.78. The number of hydrogen-bond acceptors (Lipinski definition) is 3. The Morgan fingerprint density at radius 2 is 2.28 bits per heavy atom. The van der Waals surface area contributed by atoms with Crippen molar-refractivity contribution in [3.63, 3.8) is 0 Å². The van der Waals surface area contributed by atoms with E-state index >= 15 is 0 Å². The highest BCUT2D eigenvalue weighted by Crippen LogP contribution is 2.27. The molecule has 0 aliphatic heterocycles. The molecule has 0 saturated carbocycles. The van der Waals surface area contributed by atoms with Gasteiger partial charge in [0.1, 0.15) is 5.01 Å². The molecule has 0 radical (unpaired) electrons. The van der Waals surface area contributed by atoms with Gasteiger partial charge >= 0.3 is 0 Å². The van der Waals surface area contributed by atoms with Crippen LogP contribution in [0.15, 0.2) is 34.2 Å². The summed E-state index contributed by atoms with van der Waals surface area (Å²) in [6.07, 6.45) is 2.98. The third-order valence-electron chi connectivity index (χ3n) is 2.83. The number of aromatic nitrogens is 1. The fourth-order valence-corrected chi connectivity index (χ4v) is 2.94. The van der Waals surface area contributed by atoms with Crippen LogP contribution in [-0.2, 0) is 0 Å². The summed E-state index contributed by atoms with van der Waals surface area (Å²) in [5.74, 6) is 0. The molecule has 0 fully saturated rings. The summed E-state index contributed by atoms with van der Waals surface area (Å²) >= 11 is 5.30. The van der Waals surface area contributed by atoms with E-state index in [0.29, 0.717) is 0 Å². The first-order chi connectivity index (χ1) is 8.72. The number of nitrogens with one attached hydrogen (secondary N) is 1. The maximum atomic E-state index is 4.44. The van der Waals surface area contributed by atoms with Crippen LogP contribution in [0.25, 0.3) is 0 Å². The van der Waals surface area contributed by atoms with E-state index in [4.69, 9.17) is 0 Å². The molecule has 0 amide bonds. The Bertz CT molecular complexity index is 497. The predicted molar refractivity (Wildman–Crippen MR) is 81.1 cm³/mol. The number of halogens is 1. The number of aryl methyl sites for hydroxylation is 1. The van der Waals surface area contributed by atoms with E-state index in [0.717, 1.165) is 22.4 Å². The summed E-state index contributed by atoms with van der Waals surface area (Å²) < 4.78 is 1.15. The van der Waals surface area contributed by atoms with E-state index in [1.165, 1.54) is 11.1 Å². The van der Waals surface area contributed by atoms with Crippen LogP contribution in [-0.4, -0.2) is 11.5 Å². The van der Waals surface area contributed by atoms with Crippen molar-refractivity contribution in [3.8, 4) is 0 Å². The zero-order chi connectivity index (χ0) is 13.0. The SMILES string of the molecule is CCCNC(c1ccc(C)c(Br)c1)c1nccs1. The van der Waals surface area contributed by atoms with Crippen LogP contribution in [0.2, 0.25) is 0 Å². The first-order valence-electron chi connectivity index (χ1n) is 6.11. The predicted octanol–water partition coefficient (Wildman–Crippen LogP) is 4.30. The highest BCUT2D eigenvalue weighted by molar-refractivity contribution is 9.10. The Labute approximate surface area is 121 Å². The van der Waals surface area contributed by atoms with Crippen molar-refractivity contribution in [2.75, 3.05) is 6.54 Å². The van der Waals surface area contributed by atoms with E-state index < -0.39 is 0 Å². The number of thiazole rings is 1. The molecule has 4 heteroatoms. The van der Waals surface area contributed by atoms with Crippen LogP contribution >= 0.6 is 27.3 Å². The lowest BCUT2D eigenvalue weighted by Gasteiger charge is -2.17. The third kappa shape index (κ3) is 3.19. The zero-order valence-electron chi connectivity index (χ0n) is 10.6. The van der Waals surface area contributed by atoms with Crippen LogP contribution in [0, 0.1) is 6.92 Å². The molecular formula is C14H17BrN2S. The minimum Gasteiger partial charge on any atom is -0.304 e. The molecule has 2 rings (SSSR count). The van der Waals surface area contributed by atoms with E-state index in [1.54, 1.807) is 11.3 Å². The average Bonchev–Trinajstić information content (AvgIpc) is 2.88.